The van der Waals surface area contributed by atoms with E-state index in [-0.39, 0.29) is 24.6 Å². The number of hydrogen-bond donors (Lipinski definition) is 5. The maximum Gasteiger partial charge on any atom is 0.255 e. The molecular formula is C30H28N4O5. The maximum absolute atomic E-state index is 13.8. The lowest BCUT2D eigenvalue weighted by atomic mass is 9.95. The van der Waals surface area contributed by atoms with Crippen molar-refractivity contribution < 1.29 is 24.6 Å². The number of carbonyl (C=O) groups is 3. The molecule has 0 aliphatic heterocycles. The van der Waals surface area contributed by atoms with Crippen molar-refractivity contribution in [3.63, 3.8) is 0 Å². The van der Waals surface area contributed by atoms with E-state index in [1.807, 2.05) is 0 Å². The van der Waals surface area contributed by atoms with Gasteiger partial charge in [-0.25, -0.2) is 0 Å². The van der Waals surface area contributed by atoms with E-state index in [2.05, 4.69) is 5.32 Å². The van der Waals surface area contributed by atoms with E-state index in [0.717, 1.165) is 0 Å². The van der Waals surface area contributed by atoms with E-state index in [0.29, 0.717) is 33.6 Å². The van der Waals surface area contributed by atoms with Crippen molar-refractivity contribution in [3.05, 3.63) is 119 Å². The number of para-hydroxylation sites is 2. The molecule has 3 amide bonds. The number of aromatic hydroxyl groups is 2. The first-order valence-electron chi connectivity index (χ1n) is 12.1. The number of primary amides is 1. The van der Waals surface area contributed by atoms with Gasteiger partial charge in [-0.3, -0.25) is 14.4 Å². The molecule has 0 saturated carbocycles. The smallest absolute Gasteiger partial charge is 0.255 e. The first-order chi connectivity index (χ1) is 18.7. The van der Waals surface area contributed by atoms with Gasteiger partial charge in [-0.1, -0.05) is 48.5 Å². The molecule has 0 heterocycles. The zero-order chi connectivity index (χ0) is 27.9. The lowest BCUT2D eigenvalue weighted by Crippen LogP contribution is -2.39. The molecule has 7 N–H and O–H groups in total. The van der Waals surface area contributed by atoms with Crippen LogP contribution in [0.1, 0.15) is 33.0 Å². The average molecular weight is 525 g/mol. The van der Waals surface area contributed by atoms with Crippen LogP contribution < -0.4 is 16.8 Å². The molecule has 4 rings (SSSR count). The second-order valence-corrected chi connectivity index (χ2v) is 9.03. The lowest BCUT2D eigenvalue weighted by Gasteiger charge is -2.27. The second-order valence-electron chi connectivity index (χ2n) is 9.03. The van der Waals surface area contributed by atoms with Crippen LogP contribution in [0.15, 0.2) is 97.1 Å². The Balaban J connectivity index is 1.60. The number of nitrogens with zero attached hydrogens (tertiary/aromatic N) is 1. The minimum atomic E-state index is -1.33. The summed E-state index contributed by atoms with van der Waals surface area (Å²) in [6.45, 7) is 0.150. The molecule has 4 aromatic carbocycles. The second kappa shape index (κ2) is 11.8. The predicted molar refractivity (Wildman–Crippen MR) is 148 cm³/mol. The fourth-order valence-electron chi connectivity index (χ4n) is 4.21. The minimum Gasteiger partial charge on any atom is -0.508 e. The van der Waals surface area contributed by atoms with Crippen molar-refractivity contribution in [1.82, 2.24) is 4.90 Å². The number of benzene rings is 4. The van der Waals surface area contributed by atoms with Gasteiger partial charge >= 0.3 is 0 Å². The number of phenolic OH excluding ortho intramolecular Hbond substituents is 2. The fourth-order valence-corrected chi connectivity index (χ4v) is 4.21. The van der Waals surface area contributed by atoms with E-state index in [9.17, 15) is 24.6 Å². The summed E-state index contributed by atoms with van der Waals surface area (Å²) in [5.74, 6) is -3.09. The number of rotatable bonds is 9. The molecule has 0 radical (unpaired) electrons. The molecule has 9 nitrogen and oxygen atoms in total. The summed E-state index contributed by atoms with van der Waals surface area (Å²) in [7, 11) is 0. The van der Waals surface area contributed by atoms with Crippen LogP contribution in [0.5, 0.6) is 11.5 Å². The van der Waals surface area contributed by atoms with Crippen molar-refractivity contribution in [2.45, 2.75) is 19.0 Å². The van der Waals surface area contributed by atoms with Crippen LogP contribution in [0.4, 0.5) is 11.4 Å². The molecule has 39 heavy (non-hydrogen) atoms. The van der Waals surface area contributed by atoms with Gasteiger partial charge in [0.2, 0.25) is 11.8 Å². The highest BCUT2D eigenvalue weighted by atomic mass is 16.3. The van der Waals surface area contributed by atoms with E-state index in [4.69, 9.17) is 11.5 Å². The molecular weight excluding hydrogens is 496 g/mol. The third-order valence-corrected chi connectivity index (χ3v) is 6.13. The van der Waals surface area contributed by atoms with Crippen molar-refractivity contribution in [2.24, 2.45) is 5.73 Å². The van der Waals surface area contributed by atoms with E-state index in [1.165, 1.54) is 53.4 Å². The van der Waals surface area contributed by atoms with Gasteiger partial charge < -0.3 is 31.9 Å². The third kappa shape index (κ3) is 6.72. The number of nitrogens with two attached hydrogens (primary N) is 2. The quantitative estimate of drug-likeness (QED) is 0.166. The Labute approximate surface area is 225 Å². The largest absolute Gasteiger partial charge is 0.508 e. The van der Waals surface area contributed by atoms with Crippen molar-refractivity contribution in [1.29, 1.82) is 0 Å². The molecule has 0 aromatic heterocycles. The summed E-state index contributed by atoms with van der Waals surface area (Å²) in [6.07, 6.45) is 0. The Morgan fingerprint density at radius 2 is 1.33 bits per heavy atom. The van der Waals surface area contributed by atoms with Crippen LogP contribution in [0.25, 0.3) is 0 Å². The zero-order valence-electron chi connectivity index (χ0n) is 21.0. The topological polar surface area (TPSA) is 159 Å². The molecule has 0 aliphatic rings. The number of carbonyl (C=O) groups excluding carboxylic acids is 3. The van der Waals surface area contributed by atoms with Gasteiger partial charge in [-0.15, -0.1) is 0 Å². The number of hydrogen-bond acceptors (Lipinski definition) is 6. The first kappa shape index (κ1) is 26.7. The van der Waals surface area contributed by atoms with Crippen LogP contribution in [0.3, 0.4) is 0 Å². The summed E-state index contributed by atoms with van der Waals surface area (Å²) in [5.41, 5.74) is 14.4. The fraction of sp³-hybridized carbons (Fsp3) is 0.100. The molecule has 9 heteroatoms. The molecule has 0 bridgehead atoms. The highest BCUT2D eigenvalue weighted by Crippen LogP contribution is 2.25. The van der Waals surface area contributed by atoms with Crippen molar-refractivity contribution in [3.8, 4) is 11.5 Å². The summed E-state index contributed by atoms with van der Waals surface area (Å²) >= 11 is 0. The Bertz CT molecular complexity index is 1460. The molecule has 1 unspecified atom stereocenters. The van der Waals surface area contributed by atoms with Gasteiger partial charge in [0.25, 0.3) is 5.91 Å². The maximum atomic E-state index is 13.8. The monoisotopic (exact) mass is 524 g/mol. The van der Waals surface area contributed by atoms with Gasteiger partial charge in [-0.05, 0) is 65.2 Å². The minimum absolute atomic E-state index is 0.0369. The zero-order valence-corrected chi connectivity index (χ0v) is 21.0. The molecule has 0 spiro atoms. The number of nitrogens with one attached hydrogen (secondary N) is 1. The van der Waals surface area contributed by atoms with Gasteiger partial charge in [0, 0.05) is 18.7 Å². The average Bonchev–Trinajstić information content (AvgIpc) is 2.90. The summed E-state index contributed by atoms with van der Waals surface area (Å²) < 4.78 is 0. The highest BCUT2D eigenvalue weighted by Gasteiger charge is 2.31. The van der Waals surface area contributed by atoms with Crippen LogP contribution in [0, 0.1) is 0 Å². The van der Waals surface area contributed by atoms with Gasteiger partial charge in [0.1, 0.15) is 17.4 Å². The van der Waals surface area contributed by atoms with E-state index >= 15 is 0 Å². The molecule has 0 fully saturated rings. The Morgan fingerprint density at radius 3 is 1.85 bits per heavy atom. The van der Waals surface area contributed by atoms with Gasteiger partial charge in [-0.2, -0.15) is 0 Å². The molecule has 0 saturated heterocycles. The van der Waals surface area contributed by atoms with E-state index in [1.54, 1.807) is 48.5 Å². The first-order valence-corrected chi connectivity index (χ1v) is 12.1. The Hall–Kier alpha value is -5.31. The summed E-state index contributed by atoms with van der Waals surface area (Å²) in [4.78, 5) is 40.5. The molecule has 4 aromatic rings. The predicted octanol–water partition coefficient (Wildman–Crippen LogP) is 3.73. The van der Waals surface area contributed by atoms with Gasteiger partial charge in [0.05, 0.1) is 11.4 Å². The molecule has 198 valence electrons. The normalized spacial score (nSPS) is 11.4. The number of phenols is 2. The number of amides is 3. The number of nitrogen functional groups attached to an aromatic ring is 1. The van der Waals surface area contributed by atoms with Crippen molar-refractivity contribution in [2.75, 3.05) is 11.1 Å². The Kier molecular flexibility index (Phi) is 8.11. The summed E-state index contributed by atoms with van der Waals surface area (Å²) in [5, 5.41) is 22.5. The lowest BCUT2D eigenvalue weighted by molar-refractivity contribution is -0.138. The van der Waals surface area contributed by atoms with Crippen LogP contribution in [-0.2, 0) is 22.7 Å². The number of anilines is 2. The van der Waals surface area contributed by atoms with E-state index < -0.39 is 23.6 Å². The SMILES string of the molecule is NC(=O)C(C(=O)N(Cc1cccc(O)c1)Cc1cccc(O)c1)c1ccc(C(=O)Nc2ccccc2N)cc1. The van der Waals surface area contributed by atoms with Crippen LogP contribution in [-0.4, -0.2) is 32.8 Å². The molecule has 1 atom stereocenters. The van der Waals surface area contributed by atoms with Crippen molar-refractivity contribution >= 4 is 29.1 Å². The Morgan fingerprint density at radius 1 is 0.769 bits per heavy atom. The highest BCUT2D eigenvalue weighted by molar-refractivity contribution is 6.07. The molecule has 0 aliphatic carbocycles. The summed E-state index contributed by atoms with van der Waals surface area (Å²) in [6, 6.07) is 25.7. The van der Waals surface area contributed by atoms with Crippen LogP contribution in [0.2, 0.25) is 0 Å². The van der Waals surface area contributed by atoms with Crippen LogP contribution >= 0.6 is 0 Å². The van der Waals surface area contributed by atoms with Gasteiger partial charge in [0.15, 0.2) is 0 Å². The standard InChI is InChI=1S/C30H28N4O5/c31-25-9-1-2-10-26(25)33-29(38)22-13-11-21(12-14-22)27(28(32)37)30(39)34(17-19-5-3-7-23(35)15-19)18-20-6-4-8-24(36)16-20/h1-16,27,35-36H,17-18,31H2,(H2,32,37)(H,33,38). The third-order valence-electron chi connectivity index (χ3n) is 6.13.